The van der Waals surface area contributed by atoms with Gasteiger partial charge in [0.05, 0.1) is 11.3 Å². The summed E-state index contributed by atoms with van der Waals surface area (Å²) >= 11 is 0. The number of hydrogen-bond acceptors (Lipinski definition) is 3. The van der Waals surface area contributed by atoms with Gasteiger partial charge in [0.25, 0.3) is 0 Å². The van der Waals surface area contributed by atoms with Crippen molar-refractivity contribution in [1.82, 2.24) is 15.0 Å². The number of hydrogen-bond donors (Lipinski definition) is 1. The molecule has 1 aliphatic rings. The minimum absolute atomic E-state index is 0.608. The molecular formula is C10H17N3O. The Morgan fingerprint density at radius 1 is 1.64 bits per heavy atom. The van der Waals surface area contributed by atoms with Gasteiger partial charge in [0.1, 0.15) is 0 Å². The van der Waals surface area contributed by atoms with E-state index in [-0.39, 0.29) is 0 Å². The van der Waals surface area contributed by atoms with Crippen molar-refractivity contribution in [3.05, 3.63) is 11.9 Å². The third kappa shape index (κ3) is 2.54. The molecule has 0 radical (unpaired) electrons. The van der Waals surface area contributed by atoms with Crippen LogP contribution < -0.4 is 0 Å². The van der Waals surface area contributed by atoms with E-state index >= 15 is 0 Å². The summed E-state index contributed by atoms with van der Waals surface area (Å²) in [6.45, 7) is 1.89. The van der Waals surface area contributed by atoms with Gasteiger partial charge in [-0.25, -0.2) is 0 Å². The lowest BCUT2D eigenvalue weighted by atomic mass is 9.94. The predicted molar refractivity (Wildman–Crippen MR) is 52.7 cm³/mol. The molecule has 1 aromatic rings. The van der Waals surface area contributed by atoms with Crippen LogP contribution in [0.25, 0.3) is 0 Å². The summed E-state index contributed by atoms with van der Waals surface area (Å²) in [6.07, 6.45) is 5.91. The van der Waals surface area contributed by atoms with E-state index in [9.17, 15) is 5.11 Å². The first-order chi connectivity index (χ1) is 6.55. The summed E-state index contributed by atoms with van der Waals surface area (Å²) in [5, 5.41) is 17.9. The van der Waals surface area contributed by atoms with Crippen molar-refractivity contribution in [3.63, 3.8) is 0 Å². The van der Waals surface area contributed by atoms with Gasteiger partial charge in [-0.15, -0.1) is 5.10 Å². The van der Waals surface area contributed by atoms with Gasteiger partial charge in [0.15, 0.2) is 0 Å². The Morgan fingerprint density at radius 2 is 2.36 bits per heavy atom. The topological polar surface area (TPSA) is 50.9 Å². The molecule has 4 heteroatoms. The van der Waals surface area contributed by atoms with Crippen molar-refractivity contribution in [2.24, 2.45) is 13.0 Å². The van der Waals surface area contributed by atoms with Crippen molar-refractivity contribution in [2.45, 2.75) is 38.2 Å². The van der Waals surface area contributed by atoms with Gasteiger partial charge < -0.3 is 5.11 Å². The molecule has 14 heavy (non-hydrogen) atoms. The zero-order valence-corrected chi connectivity index (χ0v) is 8.77. The van der Waals surface area contributed by atoms with Crippen LogP contribution in [0.3, 0.4) is 0 Å². The molecule has 0 saturated heterocycles. The van der Waals surface area contributed by atoms with Crippen molar-refractivity contribution in [3.8, 4) is 0 Å². The quantitative estimate of drug-likeness (QED) is 0.777. The molecule has 1 N–H and O–H groups in total. The van der Waals surface area contributed by atoms with Crippen molar-refractivity contribution in [2.75, 3.05) is 0 Å². The minimum Gasteiger partial charge on any atom is -0.390 e. The average Bonchev–Trinajstić information content (AvgIpc) is 2.74. The molecule has 1 aliphatic carbocycles. The number of aromatic nitrogens is 3. The first-order valence-electron chi connectivity index (χ1n) is 5.13. The van der Waals surface area contributed by atoms with Crippen LogP contribution in [0.1, 0.15) is 31.9 Å². The van der Waals surface area contributed by atoms with Crippen molar-refractivity contribution < 1.29 is 5.11 Å². The van der Waals surface area contributed by atoms with Crippen molar-refractivity contribution in [1.29, 1.82) is 0 Å². The summed E-state index contributed by atoms with van der Waals surface area (Å²) in [6, 6.07) is 0. The van der Waals surface area contributed by atoms with Gasteiger partial charge in [-0.05, 0) is 19.3 Å². The average molecular weight is 195 g/mol. The molecular weight excluding hydrogens is 178 g/mol. The van der Waals surface area contributed by atoms with E-state index in [1.165, 1.54) is 12.8 Å². The van der Waals surface area contributed by atoms with E-state index in [1.54, 1.807) is 4.68 Å². The fourth-order valence-electron chi connectivity index (χ4n) is 1.88. The number of aliphatic hydroxyl groups is 1. The number of nitrogens with zero attached hydrogens (tertiary/aromatic N) is 3. The fourth-order valence-corrected chi connectivity index (χ4v) is 1.88. The minimum atomic E-state index is -0.614. The Kier molecular flexibility index (Phi) is 2.31. The van der Waals surface area contributed by atoms with Gasteiger partial charge >= 0.3 is 0 Å². The third-order valence-corrected chi connectivity index (χ3v) is 2.64. The molecule has 1 unspecified atom stereocenters. The van der Waals surface area contributed by atoms with Crippen molar-refractivity contribution >= 4 is 0 Å². The summed E-state index contributed by atoms with van der Waals surface area (Å²) in [5.74, 6) is 0.738. The van der Waals surface area contributed by atoms with E-state index in [2.05, 4.69) is 10.3 Å². The molecule has 1 saturated carbocycles. The zero-order valence-electron chi connectivity index (χ0n) is 8.77. The summed E-state index contributed by atoms with van der Waals surface area (Å²) in [7, 11) is 1.84. The Hall–Kier alpha value is -0.900. The molecule has 0 amide bonds. The van der Waals surface area contributed by atoms with Crippen LogP contribution in [0, 0.1) is 5.92 Å². The van der Waals surface area contributed by atoms with E-state index in [4.69, 9.17) is 0 Å². The van der Waals surface area contributed by atoms with Crippen LogP contribution in [-0.4, -0.2) is 25.7 Å². The predicted octanol–water partition coefficient (Wildman–Crippen LogP) is 0.909. The highest BCUT2D eigenvalue weighted by atomic mass is 16.3. The molecule has 1 atom stereocenters. The van der Waals surface area contributed by atoms with E-state index in [1.807, 2.05) is 20.2 Å². The summed E-state index contributed by atoms with van der Waals surface area (Å²) < 4.78 is 1.67. The Balaban J connectivity index is 1.94. The molecule has 0 aliphatic heterocycles. The SMILES string of the molecule is Cn1cc(CC(C)(O)CC2CC2)nn1. The second-order valence-corrected chi connectivity index (χ2v) is 4.70. The molecule has 0 bridgehead atoms. The molecule has 1 aromatic heterocycles. The van der Waals surface area contributed by atoms with Crippen LogP contribution in [-0.2, 0) is 13.5 Å². The highest BCUT2D eigenvalue weighted by Crippen LogP contribution is 2.37. The second kappa shape index (κ2) is 3.35. The van der Waals surface area contributed by atoms with Crippen LogP contribution >= 0.6 is 0 Å². The normalized spacial score (nSPS) is 20.8. The summed E-state index contributed by atoms with van der Waals surface area (Å²) in [5.41, 5.74) is 0.259. The molecule has 2 rings (SSSR count). The molecule has 0 spiro atoms. The first kappa shape index (κ1) is 9.65. The maximum atomic E-state index is 10.1. The van der Waals surface area contributed by atoms with Crippen LogP contribution in [0.15, 0.2) is 6.20 Å². The maximum Gasteiger partial charge on any atom is 0.0855 e. The van der Waals surface area contributed by atoms with Crippen LogP contribution in [0.4, 0.5) is 0 Å². The molecule has 4 nitrogen and oxygen atoms in total. The van der Waals surface area contributed by atoms with Gasteiger partial charge in [0.2, 0.25) is 0 Å². The molecule has 1 heterocycles. The Bertz CT molecular complexity index is 315. The number of aryl methyl sites for hydroxylation is 1. The number of rotatable bonds is 4. The standard InChI is InChI=1S/C10H17N3O/c1-10(14,5-8-3-4-8)6-9-7-13(2)12-11-9/h7-8,14H,3-6H2,1-2H3. The molecule has 1 fully saturated rings. The lowest BCUT2D eigenvalue weighted by Crippen LogP contribution is -2.28. The lowest BCUT2D eigenvalue weighted by Gasteiger charge is -2.21. The summed E-state index contributed by atoms with van der Waals surface area (Å²) in [4.78, 5) is 0. The molecule has 78 valence electrons. The first-order valence-corrected chi connectivity index (χ1v) is 5.13. The third-order valence-electron chi connectivity index (χ3n) is 2.64. The lowest BCUT2D eigenvalue weighted by molar-refractivity contribution is 0.0445. The van der Waals surface area contributed by atoms with E-state index in [0.717, 1.165) is 18.0 Å². The maximum absolute atomic E-state index is 10.1. The monoisotopic (exact) mass is 195 g/mol. The smallest absolute Gasteiger partial charge is 0.0855 e. The highest BCUT2D eigenvalue weighted by molar-refractivity contribution is 4.99. The van der Waals surface area contributed by atoms with E-state index < -0.39 is 5.60 Å². The van der Waals surface area contributed by atoms with Crippen LogP contribution in [0.5, 0.6) is 0 Å². The fraction of sp³-hybridized carbons (Fsp3) is 0.800. The van der Waals surface area contributed by atoms with Gasteiger partial charge in [-0.2, -0.15) is 0 Å². The highest BCUT2D eigenvalue weighted by Gasteiger charge is 2.32. The largest absolute Gasteiger partial charge is 0.390 e. The van der Waals surface area contributed by atoms with Gasteiger partial charge in [-0.1, -0.05) is 18.1 Å². The van der Waals surface area contributed by atoms with Crippen LogP contribution in [0.2, 0.25) is 0 Å². The zero-order chi connectivity index (χ0) is 10.2. The van der Waals surface area contributed by atoms with E-state index in [0.29, 0.717) is 6.42 Å². The Labute approximate surface area is 83.9 Å². The Morgan fingerprint density at radius 3 is 2.86 bits per heavy atom. The second-order valence-electron chi connectivity index (χ2n) is 4.70. The van der Waals surface area contributed by atoms with Gasteiger partial charge in [0, 0.05) is 19.7 Å². The molecule has 0 aromatic carbocycles. The van der Waals surface area contributed by atoms with Gasteiger partial charge in [-0.3, -0.25) is 4.68 Å².